The largest absolute Gasteiger partial charge is 0.418 e. The first-order chi connectivity index (χ1) is 12.4. The average Bonchev–Trinajstić information content (AvgIpc) is 3.12. The van der Waals surface area contributed by atoms with Crippen molar-refractivity contribution in [1.82, 2.24) is 15.3 Å². The summed E-state index contributed by atoms with van der Waals surface area (Å²) in [6.45, 7) is 1.43. The van der Waals surface area contributed by atoms with E-state index in [2.05, 4.69) is 20.6 Å². The number of ketones is 1. The van der Waals surface area contributed by atoms with Crippen LogP contribution in [0.15, 0.2) is 30.5 Å². The topological polar surface area (TPSA) is 92.9 Å². The maximum Gasteiger partial charge on any atom is 0.418 e. The predicted molar refractivity (Wildman–Crippen MR) is 92.9 cm³/mol. The maximum atomic E-state index is 13.3. The quantitative estimate of drug-likeness (QED) is 0.704. The Morgan fingerprint density at radius 1 is 1.38 bits per heavy atom. The second-order valence-electron chi connectivity index (χ2n) is 6.03. The minimum atomic E-state index is -4.71. The van der Waals surface area contributed by atoms with E-state index in [0.29, 0.717) is 6.54 Å². The van der Waals surface area contributed by atoms with Crippen molar-refractivity contribution in [3.63, 3.8) is 0 Å². The highest BCUT2D eigenvalue weighted by atomic mass is 19.4. The first-order valence-corrected chi connectivity index (χ1v) is 8.17. The van der Waals surface area contributed by atoms with E-state index in [-0.39, 0.29) is 24.7 Å². The molecule has 140 valence electrons. The molecule has 1 fully saturated rings. The highest BCUT2D eigenvalue weighted by Crippen LogP contribution is 2.33. The van der Waals surface area contributed by atoms with Crippen molar-refractivity contribution in [3.05, 3.63) is 47.3 Å². The second-order valence-corrected chi connectivity index (χ2v) is 6.03. The molecule has 1 atom stereocenters. The minimum Gasteiger partial charge on any atom is -0.383 e. The lowest BCUT2D eigenvalue weighted by molar-refractivity contribution is -0.138. The molecule has 0 saturated carbocycles. The van der Waals surface area contributed by atoms with Gasteiger partial charge >= 0.3 is 6.18 Å². The number of alkyl halides is 3. The summed E-state index contributed by atoms with van der Waals surface area (Å²) in [7, 11) is 0. The number of halogens is 3. The number of pyridine rings is 2. The van der Waals surface area contributed by atoms with Gasteiger partial charge in [0.1, 0.15) is 17.3 Å². The fourth-order valence-electron chi connectivity index (χ4n) is 2.86. The third kappa shape index (κ3) is 3.93. The molecule has 9 heteroatoms. The number of nitrogens with zero attached hydrogens (tertiary/aromatic N) is 2. The molecular weight excluding hydrogens is 347 g/mol. The summed E-state index contributed by atoms with van der Waals surface area (Å²) in [4.78, 5) is 20.3. The zero-order chi connectivity index (χ0) is 18.7. The SMILES string of the molecule is Nc1ncccc1C(=O)c1nc(NCC2CCCN2)ccc1C(F)(F)F.[HH]. The van der Waals surface area contributed by atoms with Crippen LogP contribution >= 0.6 is 0 Å². The van der Waals surface area contributed by atoms with Crippen molar-refractivity contribution in [2.75, 3.05) is 24.1 Å². The number of carbonyl (C=O) groups excluding carboxylic acids is 1. The number of hydrogen-bond acceptors (Lipinski definition) is 6. The molecule has 3 heterocycles. The second kappa shape index (κ2) is 7.28. The number of aromatic nitrogens is 2. The molecule has 26 heavy (non-hydrogen) atoms. The third-order valence-electron chi connectivity index (χ3n) is 4.19. The summed E-state index contributed by atoms with van der Waals surface area (Å²) < 4.78 is 40.0. The van der Waals surface area contributed by atoms with Gasteiger partial charge in [-0.05, 0) is 43.7 Å². The van der Waals surface area contributed by atoms with Crippen LogP contribution < -0.4 is 16.4 Å². The number of carbonyl (C=O) groups is 1. The Hall–Kier alpha value is -2.68. The molecular formula is C17H20F3N5O. The van der Waals surface area contributed by atoms with Crippen molar-refractivity contribution in [1.29, 1.82) is 0 Å². The highest BCUT2D eigenvalue weighted by Gasteiger charge is 2.37. The van der Waals surface area contributed by atoms with E-state index in [4.69, 9.17) is 5.73 Å². The molecule has 1 unspecified atom stereocenters. The smallest absolute Gasteiger partial charge is 0.383 e. The Kier molecular flexibility index (Phi) is 5.08. The monoisotopic (exact) mass is 367 g/mol. The zero-order valence-corrected chi connectivity index (χ0v) is 13.8. The number of nitrogen functional groups attached to an aromatic ring is 1. The van der Waals surface area contributed by atoms with Crippen molar-refractivity contribution < 1.29 is 19.4 Å². The summed E-state index contributed by atoms with van der Waals surface area (Å²) in [6, 6.07) is 5.07. The maximum absolute atomic E-state index is 13.3. The molecule has 1 saturated heterocycles. The molecule has 0 spiro atoms. The van der Waals surface area contributed by atoms with Gasteiger partial charge in [0.25, 0.3) is 0 Å². The fraction of sp³-hybridized carbons (Fsp3) is 0.353. The first-order valence-electron chi connectivity index (χ1n) is 8.17. The zero-order valence-electron chi connectivity index (χ0n) is 13.8. The molecule has 4 N–H and O–H groups in total. The Labute approximate surface area is 149 Å². The molecule has 0 radical (unpaired) electrons. The van der Waals surface area contributed by atoms with Crippen molar-refractivity contribution in [2.45, 2.75) is 25.1 Å². The van der Waals surface area contributed by atoms with Crippen LogP contribution in [-0.2, 0) is 6.18 Å². The van der Waals surface area contributed by atoms with Crippen molar-refractivity contribution >= 4 is 17.4 Å². The van der Waals surface area contributed by atoms with Gasteiger partial charge in [-0.3, -0.25) is 4.79 Å². The molecule has 2 aromatic rings. The number of nitrogens with one attached hydrogen (secondary N) is 2. The molecule has 3 rings (SSSR count). The van der Waals surface area contributed by atoms with E-state index in [1.54, 1.807) is 0 Å². The van der Waals surface area contributed by atoms with Crippen LogP contribution in [0.4, 0.5) is 24.8 Å². The van der Waals surface area contributed by atoms with Crippen LogP contribution in [0.2, 0.25) is 0 Å². The van der Waals surface area contributed by atoms with Crippen molar-refractivity contribution in [2.24, 2.45) is 0 Å². The lowest BCUT2D eigenvalue weighted by atomic mass is 10.0. The van der Waals surface area contributed by atoms with Gasteiger partial charge < -0.3 is 16.4 Å². The van der Waals surface area contributed by atoms with Gasteiger partial charge in [-0.2, -0.15) is 13.2 Å². The van der Waals surface area contributed by atoms with E-state index in [0.717, 1.165) is 25.5 Å². The number of anilines is 2. The molecule has 0 aliphatic carbocycles. The van der Waals surface area contributed by atoms with E-state index in [1.807, 2.05) is 0 Å². The van der Waals surface area contributed by atoms with Crippen molar-refractivity contribution in [3.8, 4) is 0 Å². The molecule has 0 aromatic carbocycles. The summed E-state index contributed by atoms with van der Waals surface area (Å²) in [5, 5.41) is 6.26. The Balaban J connectivity index is 0.00000261. The Morgan fingerprint density at radius 2 is 2.19 bits per heavy atom. The molecule has 2 aromatic heterocycles. The van der Waals surface area contributed by atoms with Gasteiger partial charge in [-0.15, -0.1) is 0 Å². The van der Waals surface area contributed by atoms with Crippen LogP contribution in [0.3, 0.4) is 0 Å². The van der Waals surface area contributed by atoms with Crippen LogP contribution in [0, 0.1) is 0 Å². The van der Waals surface area contributed by atoms with Gasteiger partial charge in [0, 0.05) is 20.2 Å². The van der Waals surface area contributed by atoms with Crippen LogP contribution in [0.5, 0.6) is 0 Å². The van der Waals surface area contributed by atoms with Gasteiger partial charge in [-0.1, -0.05) is 0 Å². The van der Waals surface area contributed by atoms with Gasteiger partial charge in [-0.25, -0.2) is 9.97 Å². The van der Waals surface area contributed by atoms with Gasteiger partial charge in [0.15, 0.2) is 0 Å². The third-order valence-corrected chi connectivity index (χ3v) is 4.19. The summed E-state index contributed by atoms with van der Waals surface area (Å²) in [5.41, 5.74) is 3.73. The number of nitrogens with two attached hydrogens (primary N) is 1. The van der Waals surface area contributed by atoms with Crippen LogP contribution in [0.25, 0.3) is 0 Å². The van der Waals surface area contributed by atoms with E-state index in [1.165, 1.54) is 24.4 Å². The van der Waals surface area contributed by atoms with E-state index < -0.39 is 23.2 Å². The van der Waals surface area contributed by atoms with Crippen LogP contribution in [-0.4, -0.2) is 34.9 Å². The van der Waals surface area contributed by atoms with Gasteiger partial charge in [0.05, 0.1) is 11.1 Å². The van der Waals surface area contributed by atoms with E-state index >= 15 is 0 Å². The minimum absolute atomic E-state index is 0. The lowest BCUT2D eigenvalue weighted by Crippen LogP contribution is -2.29. The average molecular weight is 367 g/mol. The molecule has 0 bridgehead atoms. The van der Waals surface area contributed by atoms with Gasteiger partial charge in [0.2, 0.25) is 5.78 Å². The summed E-state index contributed by atoms with van der Waals surface area (Å²) in [5.74, 6) is -0.843. The van der Waals surface area contributed by atoms with Crippen LogP contribution in [0.1, 0.15) is 35.9 Å². The lowest BCUT2D eigenvalue weighted by Gasteiger charge is -2.16. The molecule has 0 amide bonds. The molecule has 6 nitrogen and oxygen atoms in total. The Bertz CT molecular complexity index is 809. The highest BCUT2D eigenvalue weighted by molar-refractivity contribution is 6.11. The molecule has 1 aliphatic rings. The first kappa shape index (κ1) is 18.1. The number of hydrogen-bond donors (Lipinski definition) is 3. The summed E-state index contributed by atoms with van der Waals surface area (Å²) >= 11 is 0. The standard InChI is InChI=1S/C17H18F3N5O.H2/c18-17(19,20)12-5-6-13(24-9-10-3-1-7-22-10)25-14(12)15(26)11-4-2-8-23-16(11)21;/h2,4-6,8,10,22H,1,3,7,9H2,(H2,21,23)(H,24,25);1H. The molecule has 1 aliphatic heterocycles. The summed E-state index contributed by atoms with van der Waals surface area (Å²) in [6.07, 6.45) is -1.32. The normalized spacial score (nSPS) is 17.3. The number of rotatable bonds is 5. The Morgan fingerprint density at radius 3 is 2.85 bits per heavy atom. The predicted octanol–water partition coefficient (Wildman–Crippen LogP) is 2.72. The fourth-order valence-corrected chi connectivity index (χ4v) is 2.86. The van der Waals surface area contributed by atoms with E-state index in [9.17, 15) is 18.0 Å².